The van der Waals surface area contributed by atoms with Crippen LogP contribution in [-0.4, -0.2) is 30.3 Å². The highest BCUT2D eigenvalue weighted by atomic mass is 16.4. The highest BCUT2D eigenvalue weighted by molar-refractivity contribution is 5.65. The molecule has 1 rings (SSSR count). The van der Waals surface area contributed by atoms with Crippen molar-refractivity contribution in [3.8, 4) is 0 Å². The predicted molar refractivity (Wildman–Crippen MR) is 37.0 cm³/mol. The standard InChI is InChI=1S/C6H12N2O2/c1-4-2-7-3-5(4)8-6(9)10/h4-5,7-8H,2-3H2,1H3,(H,9,10). The van der Waals surface area contributed by atoms with E-state index in [4.69, 9.17) is 5.11 Å². The van der Waals surface area contributed by atoms with Crippen molar-refractivity contribution in [2.24, 2.45) is 5.92 Å². The fraction of sp³-hybridized carbons (Fsp3) is 0.833. The third-order valence-electron chi connectivity index (χ3n) is 1.83. The van der Waals surface area contributed by atoms with Gasteiger partial charge in [0.05, 0.1) is 0 Å². The normalized spacial score (nSPS) is 32.1. The third kappa shape index (κ3) is 1.60. The fourth-order valence-corrected chi connectivity index (χ4v) is 1.16. The van der Waals surface area contributed by atoms with Crippen molar-refractivity contribution in [1.29, 1.82) is 0 Å². The Balaban J connectivity index is 2.33. The molecule has 0 saturated carbocycles. The molecule has 4 nitrogen and oxygen atoms in total. The summed E-state index contributed by atoms with van der Waals surface area (Å²) < 4.78 is 0. The van der Waals surface area contributed by atoms with Gasteiger partial charge in [0.2, 0.25) is 0 Å². The lowest BCUT2D eigenvalue weighted by Gasteiger charge is -2.12. The molecule has 2 atom stereocenters. The number of hydrogen-bond donors (Lipinski definition) is 3. The number of rotatable bonds is 1. The molecular weight excluding hydrogens is 132 g/mol. The van der Waals surface area contributed by atoms with E-state index in [2.05, 4.69) is 10.6 Å². The van der Waals surface area contributed by atoms with E-state index >= 15 is 0 Å². The highest BCUT2D eigenvalue weighted by Gasteiger charge is 2.23. The van der Waals surface area contributed by atoms with Crippen LogP contribution in [-0.2, 0) is 0 Å². The number of amides is 1. The van der Waals surface area contributed by atoms with Crippen LogP contribution in [0.25, 0.3) is 0 Å². The first-order chi connectivity index (χ1) is 4.70. The minimum Gasteiger partial charge on any atom is -0.465 e. The van der Waals surface area contributed by atoms with E-state index < -0.39 is 6.09 Å². The summed E-state index contributed by atoms with van der Waals surface area (Å²) >= 11 is 0. The maximum atomic E-state index is 10.2. The third-order valence-corrected chi connectivity index (χ3v) is 1.83. The van der Waals surface area contributed by atoms with Gasteiger partial charge in [-0.05, 0) is 12.5 Å². The minimum atomic E-state index is -0.930. The van der Waals surface area contributed by atoms with Gasteiger partial charge in [-0.15, -0.1) is 0 Å². The smallest absolute Gasteiger partial charge is 0.404 e. The maximum Gasteiger partial charge on any atom is 0.404 e. The Morgan fingerprint density at radius 2 is 2.40 bits per heavy atom. The summed E-state index contributed by atoms with van der Waals surface area (Å²) in [7, 11) is 0. The Bertz CT molecular complexity index is 138. The Kier molecular flexibility index (Phi) is 2.11. The van der Waals surface area contributed by atoms with Gasteiger partial charge >= 0.3 is 6.09 Å². The number of carboxylic acid groups (broad SMARTS) is 1. The van der Waals surface area contributed by atoms with Crippen LogP contribution >= 0.6 is 0 Å². The zero-order chi connectivity index (χ0) is 7.56. The Hall–Kier alpha value is -0.770. The van der Waals surface area contributed by atoms with Gasteiger partial charge < -0.3 is 15.7 Å². The summed E-state index contributed by atoms with van der Waals surface area (Å²) in [5.74, 6) is 0.413. The van der Waals surface area contributed by atoms with E-state index in [1.54, 1.807) is 0 Å². The van der Waals surface area contributed by atoms with Crippen LogP contribution in [0.4, 0.5) is 4.79 Å². The summed E-state index contributed by atoms with van der Waals surface area (Å²) in [6, 6.07) is 0.0949. The molecule has 3 N–H and O–H groups in total. The first kappa shape index (κ1) is 7.34. The molecule has 58 valence electrons. The molecule has 10 heavy (non-hydrogen) atoms. The monoisotopic (exact) mass is 144 g/mol. The van der Waals surface area contributed by atoms with Gasteiger partial charge in [-0.3, -0.25) is 0 Å². The molecule has 4 heteroatoms. The summed E-state index contributed by atoms with van der Waals surface area (Å²) in [4.78, 5) is 10.2. The molecule has 0 radical (unpaired) electrons. The summed E-state index contributed by atoms with van der Waals surface area (Å²) in [5.41, 5.74) is 0. The van der Waals surface area contributed by atoms with Gasteiger partial charge in [-0.1, -0.05) is 6.92 Å². The van der Waals surface area contributed by atoms with Crippen molar-refractivity contribution in [3.05, 3.63) is 0 Å². The number of carbonyl (C=O) groups is 1. The van der Waals surface area contributed by atoms with E-state index in [-0.39, 0.29) is 6.04 Å². The molecule has 2 unspecified atom stereocenters. The first-order valence-electron chi connectivity index (χ1n) is 3.40. The lowest BCUT2D eigenvalue weighted by atomic mass is 10.1. The molecule has 1 amide bonds. The van der Waals surface area contributed by atoms with Gasteiger partial charge in [-0.25, -0.2) is 4.79 Å². The molecule has 0 spiro atoms. The van der Waals surface area contributed by atoms with Gasteiger partial charge in [-0.2, -0.15) is 0 Å². The summed E-state index contributed by atoms with van der Waals surface area (Å²) in [6.07, 6.45) is -0.930. The van der Waals surface area contributed by atoms with E-state index in [1.165, 1.54) is 0 Å². The predicted octanol–water partition coefficient (Wildman–Crippen LogP) is -0.138. The second-order valence-electron chi connectivity index (χ2n) is 2.69. The van der Waals surface area contributed by atoms with Crippen LogP contribution in [0.3, 0.4) is 0 Å². The number of nitrogens with one attached hydrogen (secondary N) is 2. The summed E-state index contributed by atoms with van der Waals surface area (Å²) in [6.45, 7) is 3.69. The SMILES string of the molecule is CC1CNCC1NC(=O)O. The zero-order valence-electron chi connectivity index (χ0n) is 5.92. The van der Waals surface area contributed by atoms with Gasteiger partial charge in [0.15, 0.2) is 0 Å². The molecule has 1 saturated heterocycles. The fourth-order valence-electron chi connectivity index (χ4n) is 1.16. The van der Waals surface area contributed by atoms with Gasteiger partial charge in [0.1, 0.15) is 0 Å². The van der Waals surface area contributed by atoms with E-state index in [0.717, 1.165) is 13.1 Å². The molecule has 1 heterocycles. The second-order valence-corrected chi connectivity index (χ2v) is 2.69. The zero-order valence-corrected chi connectivity index (χ0v) is 5.92. The van der Waals surface area contributed by atoms with E-state index in [1.807, 2.05) is 6.92 Å². The van der Waals surface area contributed by atoms with Crippen molar-refractivity contribution in [2.45, 2.75) is 13.0 Å². The molecule has 0 aliphatic carbocycles. The molecule has 1 aliphatic heterocycles. The van der Waals surface area contributed by atoms with Crippen LogP contribution in [0, 0.1) is 5.92 Å². The summed E-state index contributed by atoms with van der Waals surface area (Å²) in [5, 5.41) is 13.9. The van der Waals surface area contributed by atoms with Crippen molar-refractivity contribution >= 4 is 6.09 Å². The molecule has 0 bridgehead atoms. The lowest BCUT2D eigenvalue weighted by molar-refractivity contribution is 0.188. The molecule has 0 aromatic heterocycles. The Labute approximate surface area is 59.6 Å². The van der Waals surface area contributed by atoms with E-state index in [9.17, 15) is 4.79 Å². The quantitative estimate of drug-likeness (QED) is 0.480. The first-order valence-corrected chi connectivity index (χ1v) is 3.40. The van der Waals surface area contributed by atoms with E-state index in [0.29, 0.717) is 5.92 Å². The van der Waals surface area contributed by atoms with Crippen molar-refractivity contribution in [2.75, 3.05) is 13.1 Å². The minimum absolute atomic E-state index is 0.0949. The van der Waals surface area contributed by atoms with Crippen LogP contribution in [0.2, 0.25) is 0 Å². The van der Waals surface area contributed by atoms with Crippen LogP contribution in [0.15, 0.2) is 0 Å². The van der Waals surface area contributed by atoms with Gasteiger partial charge in [0.25, 0.3) is 0 Å². The van der Waals surface area contributed by atoms with Crippen LogP contribution in [0.5, 0.6) is 0 Å². The largest absolute Gasteiger partial charge is 0.465 e. The molecule has 1 fully saturated rings. The average Bonchev–Trinajstić information content (AvgIpc) is 2.15. The van der Waals surface area contributed by atoms with Crippen molar-refractivity contribution in [1.82, 2.24) is 10.6 Å². The molecule has 0 aromatic rings. The van der Waals surface area contributed by atoms with Gasteiger partial charge in [0, 0.05) is 12.6 Å². The second kappa shape index (κ2) is 2.88. The Morgan fingerprint density at radius 3 is 2.80 bits per heavy atom. The van der Waals surface area contributed by atoms with Crippen molar-refractivity contribution < 1.29 is 9.90 Å². The maximum absolute atomic E-state index is 10.2. The number of hydrogen-bond acceptors (Lipinski definition) is 2. The highest BCUT2D eigenvalue weighted by Crippen LogP contribution is 2.06. The molecule has 0 aromatic carbocycles. The molecular formula is C6H12N2O2. The topological polar surface area (TPSA) is 61.4 Å². The Morgan fingerprint density at radius 1 is 1.70 bits per heavy atom. The average molecular weight is 144 g/mol. The molecule has 1 aliphatic rings. The lowest BCUT2D eigenvalue weighted by Crippen LogP contribution is -2.38. The van der Waals surface area contributed by atoms with Crippen molar-refractivity contribution in [3.63, 3.8) is 0 Å². The van der Waals surface area contributed by atoms with Crippen LogP contribution in [0.1, 0.15) is 6.92 Å². The van der Waals surface area contributed by atoms with Crippen LogP contribution < -0.4 is 10.6 Å².